The number of hydrogen-bond acceptors (Lipinski definition) is 5. The van der Waals surface area contributed by atoms with Crippen LogP contribution in [0.25, 0.3) is 0 Å². The predicted octanol–water partition coefficient (Wildman–Crippen LogP) is 2.19. The lowest BCUT2D eigenvalue weighted by Gasteiger charge is -2.26. The van der Waals surface area contributed by atoms with Crippen molar-refractivity contribution in [3.8, 4) is 5.75 Å². The van der Waals surface area contributed by atoms with E-state index < -0.39 is 4.92 Å². The van der Waals surface area contributed by atoms with Crippen LogP contribution in [0.5, 0.6) is 5.75 Å². The number of halogens is 1. The molecule has 1 aromatic heterocycles. The van der Waals surface area contributed by atoms with Gasteiger partial charge in [0.15, 0.2) is 0 Å². The largest absolute Gasteiger partial charge is 0.493 e. The maximum atomic E-state index is 12.2. The second kappa shape index (κ2) is 6.37. The predicted molar refractivity (Wildman–Crippen MR) is 84.0 cm³/mol. The Bertz CT molecular complexity index is 761. The van der Waals surface area contributed by atoms with E-state index in [-0.39, 0.29) is 24.3 Å². The summed E-state index contributed by atoms with van der Waals surface area (Å²) in [6.45, 7) is 0.446. The van der Waals surface area contributed by atoms with Crippen molar-refractivity contribution in [3.63, 3.8) is 0 Å². The Kier molecular flexibility index (Phi) is 4.28. The minimum Gasteiger partial charge on any atom is -0.493 e. The molecule has 1 aliphatic heterocycles. The molecular weight excluding hydrogens is 368 g/mol. The minimum absolute atomic E-state index is 0.0749. The summed E-state index contributed by atoms with van der Waals surface area (Å²) in [5.41, 5.74) is 0.908. The highest BCUT2D eigenvalue weighted by atomic mass is 79.9. The zero-order valence-electron chi connectivity index (χ0n) is 11.9. The van der Waals surface area contributed by atoms with Gasteiger partial charge in [0.1, 0.15) is 12.3 Å². The number of nitrogens with one attached hydrogen (secondary N) is 1. The SMILES string of the molecule is O=C(Cn1ccc([N+](=O)[O-])n1)NC1CCOc2ccc(Br)cc21. The average molecular weight is 381 g/mol. The first-order valence-electron chi connectivity index (χ1n) is 6.92. The monoisotopic (exact) mass is 380 g/mol. The molecule has 1 N–H and O–H groups in total. The van der Waals surface area contributed by atoms with Gasteiger partial charge in [0.25, 0.3) is 0 Å². The van der Waals surface area contributed by atoms with E-state index in [1.807, 2.05) is 18.2 Å². The van der Waals surface area contributed by atoms with Crippen molar-refractivity contribution < 1.29 is 14.5 Å². The van der Waals surface area contributed by atoms with Gasteiger partial charge < -0.3 is 20.2 Å². The van der Waals surface area contributed by atoms with E-state index >= 15 is 0 Å². The zero-order valence-corrected chi connectivity index (χ0v) is 13.5. The number of carbonyl (C=O) groups excluding carboxylic acids is 1. The summed E-state index contributed by atoms with van der Waals surface area (Å²) in [7, 11) is 0. The van der Waals surface area contributed by atoms with Crippen LogP contribution in [0.4, 0.5) is 5.82 Å². The first kappa shape index (κ1) is 15.5. The number of nitro groups is 1. The second-order valence-corrected chi connectivity index (χ2v) is 5.98. The number of carbonyl (C=O) groups is 1. The van der Waals surface area contributed by atoms with Crippen molar-refractivity contribution in [3.05, 3.63) is 50.6 Å². The van der Waals surface area contributed by atoms with Crippen molar-refractivity contribution in [1.82, 2.24) is 15.1 Å². The highest BCUT2D eigenvalue weighted by molar-refractivity contribution is 9.10. The third kappa shape index (κ3) is 3.50. The summed E-state index contributed by atoms with van der Waals surface area (Å²) in [6.07, 6.45) is 2.07. The molecule has 1 aromatic carbocycles. The molecule has 1 unspecified atom stereocenters. The number of fused-ring (bicyclic) bond motifs is 1. The van der Waals surface area contributed by atoms with Gasteiger partial charge in [-0.2, -0.15) is 4.68 Å². The van der Waals surface area contributed by atoms with E-state index in [4.69, 9.17) is 4.74 Å². The summed E-state index contributed by atoms with van der Waals surface area (Å²) in [4.78, 5) is 22.2. The molecule has 0 aliphatic carbocycles. The zero-order chi connectivity index (χ0) is 16.4. The normalized spacial score (nSPS) is 16.3. The number of rotatable bonds is 4. The third-order valence-corrected chi connectivity index (χ3v) is 3.96. The lowest BCUT2D eigenvalue weighted by atomic mass is 10.0. The average Bonchev–Trinajstić information content (AvgIpc) is 2.96. The van der Waals surface area contributed by atoms with Gasteiger partial charge in [0.2, 0.25) is 5.91 Å². The van der Waals surface area contributed by atoms with Crippen molar-refractivity contribution in [1.29, 1.82) is 0 Å². The standard InChI is InChI=1S/C14H13BrN4O4/c15-9-1-2-12-10(7-9)11(4-6-23-12)16-14(20)8-18-5-3-13(17-18)19(21)22/h1-3,5,7,11H,4,6,8H2,(H,16,20). The molecule has 120 valence electrons. The molecule has 0 spiro atoms. The molecule has 8 nitrogen and oxygen atoms in total. The van der Waals surface area contributed by atoms with Crippen LogP contribution in [0, 0.1) is 10.1 Å². The molecule has 0 bridgehead atoms. The van der Waals surface area contributed by atoms with Gasteiger partial charge in [0, 0.05) is 16.5 Å². The molecule has 1 atom stereocenters. The molecule has 3 rings (SSSR count). The van der Waals surface area contributed by atoms with Crippen molar-refractivity contribution in [2.75, 3.05) is 6.61 Å². The number of ether oxygens (including phenoxy) is 1. The maximum absolute atomic E-state index is 12.2. The smallest absolute Gasteiger partial charge is 0.389 e. The van der Waals surface area contributed by atoms with E-state index in [9.17, 15) is 14.9 Å². The molecule has 1 amide bonds. The molecule has 9 heteroatoms. The molecule has 0 saturated heterocycles. The van der Waals surface area contributed by atoms with Crippen LogP contribution in [0.3, 0.4) is 0 Å². The van der Waals surface area contributed by atoms with E-state index in [0.717, 1.165) is 15.8 Å². The maximum Gasteiger partial charge on any atom is 0.389 e. The fraction of sp³-hybridized carbons (Fsp3) is 0.286. The quantitative estimate of drug-likeness (QED) is 0.647. The summed E-state index contributed by atoms with van der Waals surface area (Å²) < 4.78 is 7.72. The van der Waals surface area contributed by atoms with Crippen molar-refractivity contribution in [2.24, 2.45) is 0 Å². The van der Waals surface area contributed by atoms with Crippen LogP contribution in [-0.4, -0.2) is 27.2 Å². The van der Waals surface area contributed by atoms with Crippen LogP contribution in [0.15, 0.2) is 34.9 Å². The van der Waals surface area contributed by atoms with E-state index in [0.29, 0.717) is 13.0 Å². The molecule has 2 aromatic rings. The Balaban J connectivity index is 1.69. The Morgan fingerprint density at radius 1 is 1.52 bits per heavy atom. The van der Waals surface area contributed by atoms with Crippen molar-refractivity contribution >= 4 is 27.7 Å². The van der Waals surface area contributed by atoms with Crippen molar-refractivity contribution in [2.45, 2.75) is 19.0 Å². The number of nitrogens with zero attached hydrogens (tertiary/aromatic N) is 3. The number of benzene rings is 1. The van der Waals surface area contributed by atoms with Gasteiger partial charge in [-0.25, -0.2) is 0 Å². The molecule has 0 fully saturated rings. The molecule has 2 heterocycles. The number of aromatic nitrogens is 2. The summed E-state index contributed by atoms with van der Waals surface area (Å²) in [6, 6.07) is 6.75. The fourth-order valence-electron chi connectivity index (χ4n) is 2.44. The summed E-state index contributed by atoms with van der Waals surface area (Å²) in [5.74, 6) is 0.207. The highest BCUT2D eigenvalue weighted by Crippen LogP contribution is 2.34. The molecule has 23 heavy (non-hydrogen) atoms. The number of hydrogen-bond donors (Lipinski definition) is 1. The van der Waals surface area contributed by atoms with Gasteiger partial charge in [0.05, 0.1) is 30.0 Å². The van der Waals surface area contributed by atoms with E-state index in [1.54, 1.807) is 0 Å². The Hall–Kier alpha value is -2.42. The van der Waals surface area contributed by atoms with Gasteiger partial charge in [-0.3, -0.25) is 4.79 Å². The number of amides is 1. The lowest BCUT2D eigenvalue weighted by molar-refractivity contribution is -0.389. The third-order valence-electron chi connectivity index (χ3n) is 3.47. The first-order valence-corrected chi connectivity index (χ1v) is 7.71. The first-order chi connectivity index (χ1) is 11.0. The fourth-order valence-corrected chi connectivity index (χ4v) is 2.82. The van der Waals surface area contributed by atoms with Gasteiger partial charge in [-0.05, 0) is 23.1 Å². The van der Waals surface area contributed by atoms with Crippen LogP contribution >= 0.6 is 15.9 Å². The Morgan fingerprint density at radius 2 is 2.35 bits per heavy atom. The summed E-state index contributed by atoms with van der Waals surface area (Å²) >= 11 is 3.41. The van der Waals surface area contributed by atoms with Gasteiger partial charge in [-0.1, -0.05) is 15.9 Å². The molecule has 0 saturated carbocycles. The highest BCUT2D eigenvalue weighted by Gasteiger charge is 2.24. The van der Waals surface area contributed by atoms with Gasteiger partial charge >= 0.3 is 5.82 Å². The van der Waals surface area contributed by atoms with Gasteiger partial charge in [-0.15, -0.1) is 0 Å². The summed E-state index contributed by atoms with van der Waals surface area (Å²) in [5, 5.41) is 17.2. The lowest BCUT2D eigenvalue weighted by Crippen LogP contribution is -2.34. The van der Waals surface area contributed by atoms with E-state index in [1.165, 1.54) is 16.9 Å². The molecule has 1 aliphatic rings. The van der Waals surface area contributed by atoms with Crippen LogP contribution in [0.1, 0.15) is 18.0 Å². The van der Waals surface area contributed by atoms with Crippen LogP contribution < -0.4 is 10.1 Å². The molecular formula is C14H13BrN4O4. The van der Waals surface area contributed by atoms with Crippen LogP contribution in [-0.2, 0) is 11.3 Å². The Labute approximate surface area is 139 Å². The minimum atomic E-state index is -0.597. The van der Waals surface area contributed by atoms with Crippen LogP contribution in [0.2, 0.25) is 0 Å². The second-order valence-electron chi connectivity index (χ2n) is 5.07. The topological polar surface area (TPSA) is 99.3 Å². The Morgan fingerprint density at radius 3 is 3.09 bits per heavy atom. The van der Waals surface area contributed by atoms with E-state index in [2.05, 4.69) is 26.3 Å². The molecule has 0 radical (unpaired) electrons.